The van der Waals surface area contributed by atoms with Gasteiger partial charge in [-0.1, -0.05) is 18.5 Å². The second-order valence-corrected chi connectivity index (χ2v) is 8.72. The van der Waals surface area contributed by atoms with Gasteiger partial charge in [0.05, 0.1) is 11.8 Å². The number of aryl methyl sites for hydroxylation is 2. The predicted molar refractivity (Wildman–Crippen MR) is 128 cm³/mol. The first-order valence-electron chi connectivity index (χ1n) is 11.3. The molecule has 1 aliphatic heterocycles. The number of piperazine rings is 1. The van der Waals surface area contributed by atoms with Gasteiger partial charge in [0.1, 0.15) is 11.3 Å². The number of hydrogen-bond donors (Lipinski definition) is 0. The maximum atomic E-state index is 13.0. The van der Waals surface area contributed by atoms with Crippen LogP contribution in [0.1, 0.15) is 25.6 Å². The number of benzene rings is 1. The minimum Gasteiger partial charge on any atom is -0.463 e. The van der Waals surface area contributed by atoms with Crippen LogP contribution >= 0.6 is 11.6 Å². The van der Waals surface area contributed by atoms with Crippen LogP contribution in [0.25, 0.3) is 16.6 Å². The van der Waals surface area contributed by atoms with Crippen LogP contribution in [0.2, 0.25) is 5.02 Å². The van der Waals surface area contributed by atoms with Crippen LogP contribution in [0.5, 0.6) is 0 Å². The number of carbonyl (C=O) groups is 1. The normalized spacial score (nSPS) is 14.5. The van der Waals surface area contributed by atoms with Gasteiger partial charge in [0.15, 0.2) is 5.58 Å². The Morgan fingerprint density at radius 3 is 2.58 bits per heavy atom. The van der Waals surface area contributed by atoms with Gasteiger partial charge in [-0.15, -0.1) is 0 Å². The van der Waals surface area contributed by atoms with E-state index in [0.717, 1.165) is 35.1 Å². The summed E-state index contributed by atoms with van der Waals surface area (Å²) in [6.45, 7) is 5.38. The fraction of sp³-hybridized carbons (Fsp3) is 0.375. The van der Waals surface area contributed by atoms with E-state index >= 15 is 0 Å². The summed E-state index contributed by atoms with van der Waals surface area (Å²) in [5, 5.41) is 5.28. The van der Waals surface area contributed by atoms with Crippen molar-refractivity contribution in [1.29, 1.82) is 0 Å². The summed E-state index contributed by atoms with van der Waals surface area (Å²) in [5.74, 6) is 0.918. The molecule has 0 bridgehead atoms. The third kappa shape index (κ3) is 4.11. The highest BCUT2D eigenvalue weighted by atomic mass is 35.5. The summed E-state index contributed by atoms with van der Waals surface area (Å²) in [6, 6.07) is 11.4. The third-order valence-electron chi connectivity index (χ3n) is 6.27. The summed E-state index contributed by atoms with van der Waals surface area (Å²) in [5.41, 5.74) is 3.04. The fourth-order valence-electron chi connectivity index (χ4n) is 4.51. The Bertz CT molecular complexity index is 1350. The monoisotopic (exact) mass is 467 g/mol. The Balaban J connectivity index is 1.20. The molecule has 9 heteroatoms. The summed E-state index contributed by atoms with van der Waals surface area (Å²) < 4.78 is 8.81. The van der Waals surface area contributed by atoms with E-state index in [-0.39, 0.29) is 11.5 Å². The van der Waals surface area contributed by atoms with Crippen LogP contribution < -0.4 is 10.5 Å². The van der Waals surface area contributed by atoms with Gasteiger partial charge in [-0.3, -0.25) is 14.0 Å². The maximum absolute atomic E-state index is 13.0. The van der Waals surface area contributed by atoms with Crippen molar-refractivity contribution in [2.24, 2.45) is 0 Å². The predicted octanol–water partition coefficient (Wildman–Crippen LogP) is 3.59. The molecule has 4 heterocycles. The van der Waals surface area contributed by atoms with Crippen LogP contribution in [0.4, 0.5) is 5.69 Å². The number of fused-ring (bicyclic) bond motifs is 3. The van der Waals surface area contributed by atoms with E-state index in [1.165, 1.54) is 4.68 Å². The molecule has 3 aromatic heterocycles. The molecule has 1 aliphatic rings. The van der Waals surface area contributed by atoms with Gasteiger partial charge in [0.25, 0.3) is 5.56 Å². The molecule has 5 rings (SSSR count). The van der Waals surface area contributed by atoms with E-state index < -0.39 is 0 Å². The Morgan fingerprint density at radius 1 is 1.09 bits per heavy atom. The lowest BCUT2D eigenvalue weighted by molar-refractivity contribution is -0.131. The molecule has 0 radical (unpaired) electrons. The van der Waals surface area contributed by atoms with Crippen molar-refractivity contribution < 1.29 is 9.21 Å². The molecule has 0 unspecified atom stereocenters. The maximum Gasteiger partial charge on any atom is 0.291 e. The number of amides is 1. The second-order valence-electron chi connectivity index (χ2n) is 8.28. The van der Waals surface area contributed by atoms with Gasteiger partial charge in [0.2, 0.25) is 5.91 Å². The highest BCUT2D eigenvalue weighted by molar-refractivity contribution is 6.30. The topological polar surface area (TPSA) is 76.0 Å². The zero-order valence-corrected chi connectivity index (χ0v) is 19.3. The van der Waals surface area contributed by atoms with Gasteiger partial charge in [-0.2, -0.15) is 5.10 Å². The SMILES string of the molecule is CCc1nn(CCCC(=O)N2CCN(c3ccc(Cl)cc3)CC2)c(=O)c2cc3occc3n12. The van der Waals surface area contributed by atoms with Crippen LogP contribution in [0, 0.1) is 0 Å². The highest BCUT2D eigenvalue weighted by Gasteiger charge is 2.21. The number of carbonyl (C=O) groups excluding carboxylic acids is 1. The zero-order chi connectivity index (χ0) is 22.9. The first kappa shape index (κ1) is 21.6. The number of anilines is 1. The van der Waals surface area contributed by atoms with Crippen LogP contribution in [0.15, 0.2) is 51.9 Å². The van der Waals surface area contributed by atoms with E-state index in [1.54, 1.807) is 12.3 Å². The number of halogens is 1. The molecule has 172 valence electrons. The largest absolute Gasteiger partial charge is 0.463 e. The zero-order valence-electron chi connectivity index (χ0n) is 18.5. The lowest BCUT2D eigenvalue weighted by atomic mass is 10.2. The van der Waals surface area contributed by atoms with Crippen molar-refractivity contribution in [3.8, 4) is 0 Å². The molecule has 0 N–H and O–H groups in total. The number of aromatic nitrogens is 3. The van der Waals surface area contributed by atoms with E-state index in [4.69, 9.17) is 16.0 Å². The van der Waals surface area contributed by atoms with E-state index in [9.17, 15) is 9.59 Å². The molecule has 33 heavy (non-hydrogen) atoms. The molecule has 0 spiro atoms. The molecule has 8 nitrogen and oxygen atoms in total. The molecule has 1 fully saturated rings. The van der Waals surface area contributed by atoms with Gasteiger partial charge in [0, 0.05) is 68.4 Å². The number of hydrogen-bond acceptors (Lipinski definition) is 5. The molecule has 4 aromatic rings. The summed E-state index contributed by atoms with van der Waals surface area (Å²) in [7, 11) is 0. The minimum absolute atomic E-state index is 0.121. The van der Waals surface area contributed by atoms with Crippen LogP contribution in [-0.4, -0.2) is 51.2 Å². The summed E-state index contributed by atoms with van der Waals surface area (Å²) in [4.78, 5) is 29.9. The van der Waals surface area contributed by atoms with Gasteiger partial charge >= 0.3 is 0 Å². The number of nitrogens with zero attached hydrogens (tertiary/aromatic N) is 5. The first-order valence-corrected chi connectivity index (χ1v) is 11.7. The van der Waals surface area contributed by atoms with Crippen molar-refractivity contribution in [2.75, 3.05) is 31.1 Å². The fourth-order valence-corrected chi connectivity index (χ4v) is 4.63. The van der Waals surface area contributed by atoms with Gasteiger partial charge < -0.3 is 14.2 Å². The average Bonchev–Trinajstić information content (AvgIpc) is 3.43. The molecule has 1 aromatic carbocycles. The van der Waals surface area contributed by atoms with Crippen molar-refractivity contribution in [1.82, 2.24) is 19.1 Å². The van der Waals surface area contributed by atoms with E-state index in [2.05, 4.69) is 10.00 Å². The Labute approximate surface area is 195 Å². The smallest absolute Gasteiger partial charge is 0.291 e. The third-order valence-corrected chi connectivity index (χ3v) is 6.52. The Morgan fingerprint density at radius 2 is 1.85 bits per heavy atom. The minimum atomic E-state index is -0.164. The molecule has 0 saturated carbocycles. The standard InChI is InChI=1S/C24H26ClN5O3/c1-2-22-26-29(24(32)20-16-21-19(30(20)22)9-15-33-21)10-3-4-23(31)28-13-11-27(12-14-28)18-7-5-17(25)6-8-18/h5-9,15-16H,2-4,10-14H2,1H3. The van der Waals surface area contributed by atoms with E-state index in [1.807, 2.05) is 46.6 Å². The summed E-state index contributed by atoms with van der Waals surface area (Å²) in [6.07, 6.45) is 3.26. The van der Waals surface area contributed by atoms with Crippen LogP contribution in [-0.2, 0) is 17.8 Å². The molecule has 1 saturated heterocycles. The molecular formula is C24H26ClN5O3. The van der Waals surface area contributed by atoms with Crippen molar-refractivity contribution in [3.63, 3.8) is 0 Å². The van der Waals surface area contributed by atoms with Gasteiger partial charge in [-0.25, -0.2) is 4.68 Å². The van der Waals surface area contributed by atoms with Gasteiger partial charge in [-0.05, 0) is 30.7 Å². The Hall–Kier alpha value is -3.26. The molecule has 0 atom stereocenters. The molecular weight excluding hydrogens is 442 g/mol. The first-order chi connectivity index (χ1) is 16.0. The van der Waals surface area contributed by atoms with E-state index in [0.29, 0.717) is 50.0 Å². The number of furan rings is 1. The summed E-state index contributed by atoms with van der Waals surface area (Å²) >= 11 is 5.97. The Kier molecular flexibility index (Phi) is 5.85. The molecule has 0 aliphatic carbocycles. The lowest BCUT2D eigenvalue weighted by Gasteiger charge is -2.36. The molecule has 1 amide bonds. The van der Waals surface area contributed by atoms with Crippen LogP contribution in [0.3, 0.4) is 0 Å². The quantitative estimate of drug-likeness (QED) is 0.433. The van der Waals surface area contributed by atoms with Crippen molar-refractivity contribution in [3.05, 3.63) is 63.9 Å². The number of rotatable bonds is 6. The highest BCUT2D eigenvalue weighted by Crippen LogP contribution is 2.21. The van der Waals surface area contributed by atoms with Crippen molar-refractivity contribution in [2.45, 2.75) is 32.7 Å². The average molecular weight is 468 g/mol. The lowest BCUT2D eigenvalue weighted by Crippen LogP contribution is -2.48. The van der Waals surface area contributed by atoms with Crippen molar-refractivity contribution >= 4 is 39.8 Å². The second kappa shape index (κ2) is 8.94.